The van der Waals surface area contributed by atoms with E-state index in [9.17, 15) is 4.79 Å². The Balaban J connectivity index is 1.47. The van der Waals surface area contributed by atoms with E-state index in [0.717, 1.165) is 25.1 Å². The van der Waals surface area contributed by atoms with E-state index < -0.39 is 6.04 Å². The van der Waals surface area contributed by atoms with Gasteiger partial charge in [0.1, 0.15) is 0 Å². The molecule has 0 spiro atoms. The van der Waals surface area contributed by atoms with Crippen molar-refractivity contribution < 1.29 is 4.79 Å². The van der Waals surface area contributed by atoms with Crippen molar-refractivity contribution in [1.29, 1.82) is 0 Å². The summed E-state index contributed by atoms with van der Waals surface area (Å²) in [5.74, 6) is -0.0758. The third kappa shape index (κ3) is 4.68. The summed E-state index contributed by atoms with van der Waals surface area (Å²) in [6.07, 6.45) is 1.64. The number of carbonyl (C=O) groups is 1. The zero-order valence-corrected chi connectivity index (χ0v) is 14.8. The number of benzene rings is 2. The number of nitrogens with one attached hydrogen (secondary N) is 1. The summed E-state index contributed by atoms with van der Waals surface area (Å²) in [6, 6.07) is 18.3. The fourth-order valence-corrected chi connectivity index (χ4v) is 3.36. The minimum absolute atomic E-state index is 0.0758. The molecule has 1 aliphatic rings. The Bertz CT molecular complexity index is 701. The fraction of sp³-hybridized carbons (Fsp3) is 0.381. The maximum absolute atomic E-state index is 12.3. The highest BCUT2D eigenvalue weighted by molar-refractivity contribution is 5.81. The van der Waals surface area contributed by atoms with Crippen LogP contribution >= 0.6 is 0 Å². The highest BCUT2D eigenvalue weighted by atomic mass is 16.2. The van der Waals surface area contributed by atoms with Crippen LogP contribution in [-0.2, 0) is 24.2 Å². The van der Waals surface area contributed by atoms with Gasteiger partial charge in [0.05, 0.1) is 6.04 Å². The minimum atomic E-state index is -0.503. The Kier molecular flexibility index (Phi) is 5.84. The first-order chi connectivity index (χ1) is 12.1. The zero-order chi connectivity index (χ0) is 17.6. The smallest absolute Gasteiger partial charge is 0.237 e. The third-order valence-corrected chi connectivity index (χ3v) is 4.99. The van der Waals surface area contributed by atoms with E-state index in [2.05, 4.69) is 41.4 Å². The van der Waals surface area contributed by atoms with E-state index in [0.29, 0.717) is 19.0 Å². The molecule has 0 aromatic heterocycles. The molecule has 2 aromatic rings. The molecule has 1 heterocycles. The molecule has 25 heavy (non-hydrogen) atoms. The molecule has 3 rings (SSSR count). The maximum Gasteiger partial charge on any atom is 0.237 e. The van der Waals surface area contributed by atoms with Crippen LogP contribution in [0.1, 0.15) is 23.6 Å². The Morgan fingerprint density at radius 2 is 1.80 bits per heavy atom. The topological polar surface area (TPSA) is 58.4 Å². The quantitative estimate of drug-likeness (QED) is 0.849. The molecule has 2 unspecified atom stereocenters. The number of carbonyl (C=O) groups excluding carboxylic acids is 1. The molecule has 4 nitrogen and oxygen atoms in total. The van der Waals surface area contributed by atoms with Gasteiger partial charge in [-0.15, -0.1) is 0 Å². The van der Waals surface area contributed by atoms with Crippen LogP contribution < -0.4 is 11.1 Å². The normalized spacial score (nSPS) is 16.7. The lowest BCUT2D eigenvalue weighted by molar-refractivity contribution is -0.122. The van der Waals surface area contributed by atoms with Gasteiger partial charge < -0.3 is 11.1 Å². The second-order valence-electron chi connectivity index (χ2n) is 6.88. The molecule has 0 saturated heterocycles. The van der Waals surface area contributed by atoms with Crippen molar-refractivity contribution in [3.05, 3.63) is 71.3 Å². The molecule has 0 aliphatic carbocycles. The number of hydrogen-bond donors (Lipinski definition) is 2. The molecule has 2 atom stereocenters. The van der Waals surface area contributed by atoms with Crippen LogP contribution in [0.25, 0.3) is 0 Å². The number of nitrogens with two attached hydrogens (primary N) is 1. The standard InChI is InChI=1S/C21H27N3O/c1-16(24-12-11-18-9-5-6-10-19(18)15-24)14-23-21(25)20(22)13-17-7-3-2-4-8-17/h2-10,16,20H,11-15,22H2,1H3,(H,23,25). The van der Waals surface area contributed by atoms with Crippen molar-refractivity contribution in [1.82, 2.24) is 10.2 Å². The predicted molar refractivity (Wildman–Crippen MR) is 101 cm³/mol. The first-order valence-electron chi connectivity index (χ1n) is 9.01. The summed E-state index contributed by atoms with van der Waals surface area (Å²) >= 11 is 0. The van der Waals surface area contributed by atoms with Crippen LogP contribution in [0.3, 0.4) is 0 Å². The van der Waals surface area contributed by atoms with Crippen LogP contribution in [0.4, 0.5) is 0 Å². The fourth-order valence-electron chi connectivity index (χ4n) is 3.36. The summed E-state index contributed by atoms with van der Waals surface area (Å²) in [4.78, 5) is 14.7. The van der Waals surface area contributed by atoms with Crippen LogP contribution in [0.2, 0.25) is 0 Å². The van der Waals surface area contributed by atoms with Crippen molar-refractivity contribution in [2.75, 3.05) is 13.1 Å². The average Bonchev–Trinajstić information content (AvgIpc) is 2.66. The van der Waals surface area contributed by atoms with Gasteiger partial charge in [-0.1, -0.05) is 54.6 Å². The van der Waals surface area contributed by atoms with Crippen molar-refractivity contribution in [2.45, 2.75) is 38.4 Å². The maximum atomic E-state index is 12.3. The molecular formula is C21H27N3O. The van der Waals surface area contributed by atoms with E-state index in [1.165, 1.54) is 11.1 Å². The van der Waals surface area contributed by atoms with E-state index in [4.69, 9.17) is 5.73 Å². The first-order valence-corrected chi connectivity index (χ1v) is 9.01. The molecule has 3 N–H and O–H groups in total. The molecule has 132 valence electrons. The molecular weight excluding hydrogens is 310 g/mol. The van der Waals surface area contributed by atoms with Crippen LogP contribution in [-0.4, -0.2) is 36.0 Å². The minimum Gasteiger partial charge on any atom is -0.353 e. The predicted octanol–water partition coefficient (Wildman–Crippen LogP) is 2.12. The lowest BCUT2D eigenvalue weighted by Crippen LogP contribution is -2.48. The van der Waals surface area contributed by atoms with Gasteiger partial charge in [-0.05, 0) is 36.5 Å². The van der Waals surface area contributed by atoms with E-state index in [1.807, 2.05) is 30.3 Å². The van der Waals surface area contributed by atoms with Gasteiger partial charge in [0.15, 0.2) is 0 Å². The van der Waals surface area contributed by atoms with E-state index >= 15 is 0 Å². The molecule has 0 fully saturated rings. The highest BCUT2D eigenvalue weighted by Gasteiger charge is 2.21. The van der Waals surface area contributed by atoms with Crippen molar-refractivity contribution >= 4 is 5.91 Å². The van der Waals surface area contributed by atoms with Gasteiger partial charge in [0, 0.05) is 25.7 Å². The Labute approximate surface area is 150 Å². The number of rotatable bonds is 6. The van der Waals surface area contributed by atoms with Crippen LogP contribution in [0, 0.1) is 0 Å². The summed E-state index contributed by atoms with van der Waals surface area (Å²) in [7, 11) is 0. The zero-order valence-electron chi connectivity index (χ0n) is 14.8. The summed E-state index contributed by atoms with van der Waals surface area (Å²) in [6.45, 7) is 4.77. The second-order valence-corrected chi connectivity index (χ2v) is 6.88. The average molecular weight is 337 g/mol. The molecule has 2 aromatic carbocycles. The summed E-state index contributed by atoms with van der Waals surface area (Å²) in [5.41, 5.74) is 9.98. The second kappa shape index (κ2) is 8.28. The Morgan fingerprint density at radius 3 is 2.56 bits per heavy atom. The highest BCUT2D eigenvalue weighted by Crippen LogP contribution is 2.19. The van der Waals surface area contributed by atoms with Gasteiger partial charge in [0.2, 0.25) is 5.91 Å². The molecule has 0 radical (unpaired) electrons. The summed E-state index contributed by atoms with van der Waals surface area (Å²) in [5, 5.41) is 3.02. The van der Waals surface area contributed by atoms with Gasteiger partial charge in [-0.2, -0.15) is 0 Å². The number of nitrogens with zero attached hydrogens (tertiary/aromatic N) is 1. The molecule has 0 bridgehead atoms. The van der Waals surface area contributed by atoms with Gasteiger partial charge in [0.25, 0.3) is 0 Å². The van der Waals surface area contributed by atoms with Crippen molar-refractivity contribution in [3.63, 3.8) is 0 Å². The lowest BCUT2D eigenvalue weighted by Gasteiger charge is -2.34. The molecule has 1 amide bonds. The van der Waals surface area contributed by atoms with Crippen molar-refractivity contribution in [2.24, 2.45) is 5.73 Å². The molecule has 4 heteroatoms. The number of hydrogen-bond acceptors (Lipinski definition) is 3. The van der Waals surface area contributed by atoms with Crippen molar-refractivity contribution in [3.8, 4) is 0 Å². The monoisotopic (exact) mass is 337 g/mol. The Morgan fingerprint density at radius 1 is 1.12 bits per heavy atom. The summed E-state index contributed by atoms with van der Waals surface area (Å²) < 4.78 is 0. The Hall–Kier alpha value is -2.17. The van der Waals surface area contributed by atoms with Crippen LogP contribution in [0.15, 0.2) is 54.6 Å². The number of amides is 1. The van der Waals surface area contributed by atoms with E-state index in [1.54, 1.807) is 0 Å². The van der Waals surface area contributed by atoms with Gasteiger partial charge in [-0.25, -0.2) is 0 Å². The number of fused-ring (bicyclic) bond motifs is 1. The molecule has 1 aliphatic heterocycles. The van der Waals surface area contributed by atoms with Gasteiger partial charge >= 0.3 is 0 Å². The third-order valence-electron chi connectivity index (χ3n) is 4.99. The largest absolute Gasteiger partial charge is 0.353 e. The lowest BCUT2D eigenvalue weighted by atomic mass is 9.99. The SMILES string of the molecule is CC(CNC(=O)C(N)Cc1ccccc1)N1CCc2ccccc2C1. The van der Waals surface area contributed by atoms with E-state index in [-0.39, 0.29) is 5.91 Å². The molecule has 0 saturated carbocycles. The first kappa shape index (κ1) is 17.6. The van der Waals surface area contributed by atoms with Gasteiger partial charge in [-0.3, -0.25) is 9.69 Å². The van der Waals surface area contributed by atoms with Crippen LogP contribution in [0.5, 0.6) is 0 Å².